The number of likely N-dealkylation sites (N-methyl/N-ethyl adjacent to an activating group) is 1. The van der Waals surface area contributed by atoms with Crippen molar-refractivity contribution < 1.29 is 33.2 Å². The first kappa shape index (κ1) is 21.9. The number of ether oxygens (including phenoxy) is 1. The molecule has 170 valence electrons. The molecule has 1 aromatic carbocycles. The van der Waals surface area contributed by atoms with Crippen LogP contribution >= 0.6 is 0 Å². The van der Waals surface area contributed by atoms with Crippen LogP contribution in [-0.2, 0) is 30.5 Å². The van der Waals surface area contributed by atoms with Gasteiger partial charge >= 0.3 is 5.97 Å². The SMILES string of the molecule is COC(=O)c1ccccc1-c1noc(CN(C)C2=CC(=O)N(C3CCC(=O)NC3=O)C2=O)n1. The maximum Gasteiger partial charge on any atom is 0.338 e. The number of rotatable bonds is 6. The van der Waals surface area contributed by atoms with E-state index in [4.69, 9.17) is 9.26 Å². The molecule has 0 bridgehead atoms. The molecular weight excluding hydrogens is 434 g/mol. The zero-order valence-corrected chi connectivity index (χ0v) is 17.7. The summed E-state index contributed by atoms with van der Waals surface area (Å²) >= 11 is 0. The average Bonchev–Trinajstić information content (AvgIpc) is 3.37. The molecule has 2 aliphatic rings. The molecule has 4 amide bonds. The Balaban J connectivity index is 1.49. The molecule has 2 aliphatic heterocycles. The van der Waals surface area contributed by atoms with E-state index >= 15 is 0 Å². The molecule has 1 unspecified atom stereocenters. The average molecular weight is 453 g/mol. The number of hydrogen-bond donors (Lipinski definition) is 1. The van der Waals surface area contributed by atoms with Crippen molar-refractivity contribution in [2.24, 2.45) is 0 Å². The van der Waals surface area contributed by atoms with Gasteiger partial charge in [0.1, 0.15) is 11.7 Å². The van der Waals surface area contributed by atoms with Crippen LogP contribution in [0.2, 0.25) is 0 Å². The molecular formula is C21H19N5O7. The summed E-state index contributed by atoms with van der Waals surface area (Å²) in [6.07, 6.45) is 1.23. The third-order valence-corrected chi connectivity index (χ3v) is 5.28. The van der Waals surface area contributed by atoms with Crippen LogP contribution in [0.5, 0.6) is 0 Å². The van der Waals surface area contributed by atoms with Gasteiger partial charge in [-0.2, -0.15) is 4.98 Å². The zero-order valence-electron chi connectivity index (χ0n) is 17.7. The van der Waals surface area contributed by atoms with Crippen molar-refractivity contribution in [3.63, 3.8) is 0 Å². The van der Waals surface area contributed by atoms with E-state index in [0.717, 1.165) is 11.0 Å². The van der Waals surface area contributed by atoms with Gasteiger partial charge < -0.3 is 14.2 Å². The lowest BCUT2D eigenvalue weighted by molar-refractivity contribution is -0.150. The summed E-state index contributed by atoms with van der Waals surface area (Å²) in [6.45, 7) is -0.0125. The number of hydrogen-bond acceptors (Lipinski definition) is 10. The molecule has 1 atom stereocenters. The maximum atomic E-state index is 12.9. The zero-order chi connectivity index (χ0) is 23.7. The first-order chi connectivity index (χ1) is 15.8. The summed E-state index contributed by atoms with van der Waals surface area (Å²) in [4.78, 5) is 67.3. The Morgan fingerprint density at radius 3 is 2.76 bits per heavy atom. The van der Waals surface area contributed by atoms with Crippen molar-refractivity contribution in [1.29, 1.82) is 0 Å². The van der Waals surface area contributed by atoms with Crippen LogP contribution in [0.15, 0.2) is 40.6 Å². The number of methoxy groups -OCH3 is 1. The van der Waals surface area contributed by atoms with E-state index in [1.165, 1.54) is 12.0 Å². The lowest BCUT2D eigenvalue weighted by atomic mass is 10.0. The predicted molar refractivity (Wildman–Crippen MR) is 109 cm³/mol. The third kappa shape index (κ3) is 4.10. The Morgan fingerprint density at radius 1 is 1.27 bits per heavy atom. The molecule has 0 aliphatic carbocycles. The van der Waals surface area contributed by atoms with Crippen LogP contribution in [0.25, 0.3) is 11.4 Å². The fourth-order valence-corrected chi connectivity index (χ4v) is 3.65. The smallest absolute Gasteiger partial charge is 0.338 e. The maximum absolute atomic E-state index is 12.9. The summed E-state index contributed by atoms with van der Waals surface area (Å²) in [5.74, 6) is -2.69. The summed E-state index contributed by atoms with van der Waals surface area (Å²) in [7, 11) is 2.82. The Labute approximate surface area is 187 Å². The van der Waals surface area contributed by atoms with Crippen LogP contribution < -0.4 is 5.32 Å². The molecule has 0 saturated carbocycles. The molecule has 12 heteroatoms. The third-order valence-electron chi connectivity index (χ3n) is 5.28. The second-order valence-electron chi connectivity index (χ2n) is 7.41. The topological polar surface area (TPSA) is 152 Å². The van der Waals surface area contributed by atoms with Crippen LogP contribution in [0, 0.1) is 0 Å². The second kappa shape index (κ2) is 8.65. The number of piperidine rings is 1. The number of amides is 4. The van der Waals surface area contributed by atoms with Gasteiger partial charge in [-0.25, -0.2) is 4.79 Å². The minimum absolute atomic E-state index is 0.0125. The van der Waals surface area contributed by atoms with Crippen molar-refractivity contribution in [3.05, 3.63) is 47.5 Å². The molecule has 1 aromatic heterocycles. The van der Waals surface area contributed by atoms with E-state index in [0.29, 0.717) is 5.56 Å². The number of carbonyl (C=O) groups is 5. The first-order valence-corrected chi connectivity index (χ1v) is 9.94. The predicted octanol–water partition coefficient (Wildman–Crippen LogP) is 0.0129. The minimum Gasteiger partial charge on any atom is -0.465 e. The van der Waals surface area contributed by atoms with Gasteiger partial charge in [-0.05, 0) is 12.5 Å². The lowest BCUT2D eigenvalue weighted by Crippen LogP contribution is -2.54. The van der Waals surface area contributed by atoms with Crippen molar-refractivity contribution in [2.75, 3.05) is 14.2 Å². The standard InChI is InChI=1S/C21H19N5O7/c1-25(14-9-17(28)26(20(14)30)13-7-8-15(27)22-19(13)29)10-16-23-18(24-33-16)11-5-3-4-6-12(11)21(31)32-2/h3-6,9,13H,7-8,10H2,1-2H3,(H,22,27,29). The van der Waals surface area contributed by atoms with Crippen LogP contribution in [-0.4, -0.2) is 69.7 Å². The van der Waals surface area contributed by atoms with Gasteiger partial charge in [0.05, 0.1) is 19.2 Å². The molecule has 1 saturated heterocycles. The van der Waals surface area contributed by atoms with Crippen LogP contribution in [0.3, 0.4) is 0 Å². The highest BCUT2D eigenvalue weighted by molar-refractivity contribution is 6.18. The van der Waals surface area contributed by atoms with E-state index in [1.54, 1.807) is 31.3 Å². The highest BCUT2D eigenvalue weighted by Gasteiger charge is 2.43. The van der Waals surface area contributed by atoms with Gasteiger partial charge in [0.25, 0.3) is 11.8 Å². The van der Waals surface area contributed by atoms with E-state index in [-0.39, 0.29) is 42.4 Å². The highest BCUT2D eigenvalue weighted by Crippen LogP contribution is 2.25. The molecule has 4 rings (SSSR count). The molecule has 33 heavy (non-hydrogen) atoms. The van der Waals surface area contributed by atoms with E-state index < -0.39 is 35.6 Å². The highest BCUT2D eigenvalue weighted by atomic mass is 16.5. The second-order valence-corrected chi connectivity index (χ2v) is 7.41. The Kier molecular flexibility index (Phi) is 5.73. The number of benzene rings is 1. The molecule has 1 N–H and O–H groups in total. The molecule has 2 aromatic rings. The van der Waals surface area contributed by atoms with Gasteiger partial charge in [-0.1, -0.05) is 23.4 Å². The van der Waals surface area contributed by atoms with E-state index in [2.05, 4.69) is 15.5 Å². The van der Waals surface area contributed by atoms with Gasteiger partial charge in [-0.3, -0.25) is 29.4 Å². The van der Waals surface area contributed by atoms with Crippen molar-refractivity contribution in [2.45, 2.75) is 25.4 Å². The number of carbonyl (C=O) groups excluding carboxylic acids is 5. The van der Waals surface area contributed by atoms with Crippen molar-refractivity contribution in [1.82, 2.24) is 25.3 Å². The Hall–Kier alpha value is -4.35. The number of nitrogens with one attached hydrogen (secondary N) is 1. The molecule has 0 radical (unpaired) electrons. The summed E-state index contributed by atoms with van der Waals surface area (Å²) in [5, 5.41) is 6.04. The molecule has 12 nitrogen and oxygen atoms in total. The number of nitrogens with zero attached hydrogens (tertiary/aromatic N) is 4. The van der Waals surface area contributed by atoms with Crippen molar-refractivity contribution in [3.8, 4) is 11.4 Å². The fraction of sp³-hybridized carbons (Fsp3) is 0.286. The number of aromatic nitrogens is 2. The fourth-order valence-electron chi connectivity index (χ4n) is 3.65. The number of esters is 1. The molecule has 0 spiro atoms. The normalized spacial score (nSPS) is 18.3. The Bertz CT molecular complexity index is 1200. The van der Waals surface area contributed by atoms with E-state index in [1.807, 2.05) is 0 Å². The van der Waals surface area contributed by atoms with Gasteiger partial charge in [-0.15, -0.1) is 0 Å². The van der Waals surface area contributed by atoms with Gasteiger partial charge in [0, 0.05) is 25.1 Å². The van der Waals surface area contributed by atoms with E-state index in [9.17, 15) is 24.0 Å². The minimum atomic E-state index is -1.05. The quantitative estimate of drug-likeness (QED) is 0.468. The monoisotopic (exact) mass is 453 g/mol. The summed E-state index contributed by atoms with van der Waals surface area (Å²) < 4.78 is 10.0. The Morgan fingerprint density at radius 2 is 2.03 bits per heavy atom. The number of imide groups is 2. The van der Waals surface area contributed by atoms with Crippen molar-refractivity contribution >= 4 is 29.6 Å². The largest absolute Gasteiger partial charge is 0.465 e. The summed E-state index contributed by atoms with van der Waals surface area (Å²) in [6, 6.07) is 5.55. The van der Waals surface area contributed by atoms with Crippen LogP contribution in [0.1, 0.15) is 29.1 Å². The lowest BCUT2D eigenvalue weighted by Gasteiger charge is -2.29. The molecule has 3 heterocycles. The van der Waals surface area contributed by atoms with Gasteiger partial charge in [0.2, 0.25) is 23.5 Å². The molecule has 1 fully saturated rings. The van der Waals surface area contributed by atoms with Crippen LogP contribution in [0.4, 0.5) is 0 Å². The summed E-state index contributed by atoms with van der Waals surface area (Å²) in [5.41, 5.74) is 0.719. The first-order valence-electron chi connectivity index (χ1n) is 9.94. The van der Waals surface area contributed by atoms with Gasteiger partial charge in [0.15, 0.2) is 0 Å².